The number of rotatable bonds is 12. The number of fused-ring (bicyclic) bond motifs is 1. The molecule has 0 radical (unpaired) electrons. The predicted octanol–water partition coefficient (Wildman–Crippen LogP) is 5.12. The van der Waals surface area contributed by atoms with Gasteiger partial charge >= 0.3 is 0 Å². The number of nitrogens with zero attached hydrogens (tertiary/aromatic N) is 3. The number of pyridine rings is 1. The van der Waals surface area contributed by atoms with Crippen molar-refractivity contribution in [3.05, 3.63) is 82.4 Å². The summed E-state index contributed by atoms with van der Waals surface area (Å²) in [6.45, 7) is 13.1. The zero-order valence-corrected chi connectivity index (χ0v) is 26.5. The van der Waals surface area contributed by atoms with Gasteiger partial charge in [-0.1, -0.05) is 31.2 Å². The lowest BCUT2D eigenvalue weighted by Crippen LogP contribution is -2.40. The van der Waals surface area contributed by atoms with Gasteiger partial charge in [0.1, 0.15) is 18.0 Å². The molecule has 10 heteroatoms. The van der Waals surface area contributed by atoms with E-state index >= 15 is 4.39 Å². The number of aryl methyl sites for hydroxylation is 1. The van der Waals surface area contributed by atoms with Crippen LogP contribution in [0.1, 0.15) is 61.6 Å². The maximum atomic E-state index is 16.0. The fourth-order valence-corrected chi connectivity index (χ4v) is 5.95. The fraction of sp³-hybridized carbons (Fsp3) is 0.441. The second kappa shape index (κ2) is 14.1. The Morgan fingerprint density at radius 3 is 2.80 bits per heavy atom. The van der Waals surface area contributed by atoms with Gasteiger partial charge in [-0.05, 0) is 68.1 Å². The van der Waals surface area contributed by atoms with Gasteiger partial charge in [-0.2, -0.15) is 0 Å². The van der Waals surface area contributed by atoms with Gasteiger partial charge in [0.25, 0.3) is 6.47 Å². The first kappa shape index (κ1) is 32.7. The third-order valence-electron chi connectivity index (χ3n) is 8.13. The third-order valence-corrected chi connectivity index (χ3v) is 8.13. The number of aromatic nitrogens is 1. The van der Waals surface area contributed by atoms with Crippen molar-refractivity contribution in [1.82, 2.24) is 14.8 Å². The summed E-state index contributed by atoms with van der Waals surface area (Å²) in [5.41, 5.74) is 10.5. The molecule has 0 saturated heterocycles. The van der Waals surface area contributed by atoms with Crippen LogP contribution in [0.5, 0.6) is 5.75 Å². The minimum absolute atomic E-state index is 0.0204. The van der Waals surface area contributed by atoms with Crippen LogP contribution < -0.4 is 15.8 Å². The zero-order valence-electron chi connectivity index (χ0n) is 26.5. The Morgan fingerprint density at radius 2 is 2.07 bits per heavy atom. The van der Waals surface area contributed by atoms with Crippen molar-refractivity contribution >= 4 is 23.8 Å². The lowest BCUT2D eigenvalue weighted by molar-refractivity contribution is -0.137. The molecule has 0 aliphatic carbocycles. The average Bonchev–Trinajstić information content (AvgIpc) is 3.11. The SMILES string of the molecule is CCNc1ccc(C(c2ccc(C)c(CN3Cc4ncccc4OC(C)(C)C3)c2)[C@@H](C)C(=O)N(C)CCOC=O)c(F)c1N. The minimum Gasteiger partial charge on any atom is -0.485 e. The van der Waals surface area contributed by atoms with Gasteiger partial charge in [-0.3, -0.25) is 19.5 Å². The molecule has 1 aromatic heterocycles. The minimum atomic E-state index is -0.646. The van der Waals surface area contributed by atoms with Crippen LogP contribution in [0.25, 0.3) is 0 Å². The summed E-state index contributed by atoms with van der Waals surface area (Å²) in [6, 6.07) is 13.4. The number of nitrogens with one attached hydrogen (secondary N) is 1. The number of nitrogens with two attached hydrogens (primary N) is 1. The molecule has 1 aliphatic heterocycles. The van der Waals surface area contributed by atoms with Crippen molar-refractivity contribution in [3.63, 3.8) is 0 Å². The summed E-state index contributed by atoms with van der Waals surface area (Å²) in [5, 5.41) is 3.10. The van der Waals surface area contributed by atoms with E-state index in [0.29, 0.717) is 43.9 Å². The maximum absolute atomic E-state index is 16.0. The number of halogens is 1. The number of hydrogen-bond donors (Lipinski definition) is 2. The quantitative estimate of drug-likeness (QED) is 0.166. The van der Waals surface area contributed by atoms with Crippen molar-refractivity contribution in [3.8, 4) is 5.75 Å². The Balaban J connectivity index is 1.73. The molecular weight excluding hydrogens is 561 g/mol. The van der Waals surface area contributed by atoms with E-state index in [0.717, 1.165) is 28.1 Å². The molecule has 236 valence electrons. The highest BCUT2D eigenvalue weighted by Crippen LogP contribution is 2.39. The number of ether oxygens (including phenoxy) is 2. The molecular formula is C34H44FN5O4. The second-order valence-corrected chi connectivity index (χ2v) is 12.1. The van der Waals surface area contributed by atoms with Crippen LogP contribution >= 0.6 is 0 Å². The first-order valence-electron chi connectivity index (χ1n) is 15.0. The molecule has 0 fully saturated rings. The number of nitrogen functional groups attached to an aromatic ring is 1. The molecule has 0 saturated carbocycles. The van der Waals surface area contributed by atoms with Crippen molar-refractivity contribution in [1.29, 1.82) is 0 Å². The van der Waals surface area contributed by atoms with E-state index in [1.165, 1.54) is 4.90 Å². The smallest absolute Gasteiger partial charge is 0.293 e. The van der Waals surface area contributed by atoms with Crippen molar-refractivity contribution in [2.75, 3.05) is 44.3 Å². The van der Waals surface area contributed by atoms with Crippen LogP contribution in [-0.4, -0.2) is 66.1 Å². The highest BCUT2D eigenvalue weighted by molar-refractivity contribution is 5.80. The van der Waals surface area contributed by atoms with Crippen molar-refractivity contribution in [2.24, 2.45) is 5.92 Å². The summed E-state index contributed by atoms with van der Waals surface area (Å²) < 4.78 is 27.1. The van der Waals surface area contributed by atoms with Crippen molar-refractivity contribution in [2.45, 2.75) is 59.2 Å². The molecule has 2 heterocycles. The summed E-state index contributed by atoms with van der Waals surface area (Å²) in [6.07, 6.45) is 1.78. The molecule has 0 spiro atoms. The first-order valence-corrected chi connectivity index (χ1v) is 15.0. The van der Waals surface area contributed by atoms with Gasteiger partial charge in [0, 0.05) is 51.3 Å². The summed E-state index contributed by atoms with van der Waals surface area (Å²) in [4.78, 5) is 32.7. The second-order valence-electron chi connectivity index (χ2n) is 12.1. The highest BCUT2D eigenvalue weighted by Gasteiger charge is 2.33. The Labute approximate surface area is 259 Å². The molecule has 0 bridgehead atoms. The molecule has 9 nitrogen and oxygen atoms in total. The number of carbonyl (C=O) groups excluding carboxylic acids is 2. The number of carbonyl (C=O) groups is 2. The number of anilines is 2. The van der Waals surface area contributed by atoms with Crippen LogP contribution in [0.15, 0.2) is 48.7 Å². The molecule has 2 atom stereocenters. The lowest BCUT2D eigenvalue weighted by Gasteiger charge is -2.31. The molecule has 1 aliphatic rings. The summed E-state index contributed by atoms with van der Waals surface area (Å²) >= 11 is 0. The normalized spacial score (nSPS) is 15.7. The van der Waals surface area contributed by atoms with E-state index in [1.54, 1.807) is 32.3 Å². The topological polar surface area (TPSA) is 110 Å². The Bertz CT molecular complexity index is 1480. The molecule has 3 N–H and O–H groups in total. The first-order chi connectivity index (χ1) is 21.0. The summed E-state index contributed by atoms with van der Waals surface area (Å²) in [5.74, 6) is -1.23. The summed E-state index contributed by atoms with van der Waals surface area (Å²) in [7, 11) is 1.65. The maximum Gasteiger partial charge on any atom is 0.293 e. The van der Waals surface area contributed by atoms with Crippen LogP contribution in [0, 0.1) is 18.7 Å². The highest BCUT2D eigenvalue weighted by atomic mass is 19.1. The van der Waals surface area contributed by atoms with Gasteiger partial charge in [0.05, 0.1) is 23.6 Å². The van der Waals surface area contributed by atoms with E-state index < -0.39 is 23.3 Å². The number of amides is 1. The Hall–Kier alpha value is -4.18. The average molecular weight is 606 g/mol. The molecule has 1 unspecified atom stereocenters. The Kier molecular flexibility index (Phi) is 10.5. The lowest BCUT2D eigenvalue weighted by atomic mass is 9.79. The van der Waals surface area contributed by atoms with Gasteiger partial charge < -0.3 is 25.4 Å². The predicted molar refractivity (Wildman–Crippen MR) is 170 cm³/mol. The molecule has 1 amide bonds. The van der Waals surface area contributed by atoms with E-state index in [9.17, 15) is 9.59 Å². The van der Waals surface area contributed by atoms with Crippen LogP contribution in [0.2, 0.25) is 0 Å². The molecule has 2 aromatic carbocycles. The molecule has 44 heavy (non-hydrogen) atoms. The van der Waals surface area contributed by atoms with Crippen molar-refractivity contribution < 1.29 is 23.5 Å². The van der Waals surface area contributed by atoms with Crippen LogP contribution in [0.4, 0.5) is 15.8 Å². The molecule has 4 rings (SSSR count). The fourth-order valence-electron chi connectivity index (χ4n) is 5.95. The van der Waals surface area contributed by atoms with E-state index in [4.69, 9.17) is 15.2 Å². The van der Waals surface area contributed by atoms with Crippen LogP contribution in [0.3, 0.4) is 0 Å². The van der Waals surface area contributed by atoms with E-state index in [1.807, 2.05) is 31.2 Å². The number of benzene rings is 2. The van der Waals surface area contributed by atoms with Crippen LogP contribution in [-0.2, 0) is 27.4 Å². The van der Waals surface area contributed by atoms with E-state index in [-0.39, 0.29) is 24.7 Å². The van der Waals surface area contributed by atoms with E-state index in [2.05, 4.69) is 42.0 Å². The Morgan fingerprint density at radius 1 is 1.30 bits per heavy atom. The number of hydrogen-bond acceptors (Lipinski definition) is 8. The van der Waals surface area contributed by atoms with Gasteiger partial charge in [-0.15, -0.1) is 0 Å². The standard InChI is InChI=1S/C34H44FN5O4/c1-7-37-27-13-12-26(31(35)32(27)36)30(23(3)33(42)39(6)15-16-43-21-41)24-11-10-22(2)25(17-24)18-40-19-28-29(9-8-14-38-28)44-34(4,5)20-40/h8-14,17,21,23,30,37H,7,15-16,18-20,36H2,1-6H3/t23-,30?/m1/s1. The largest absolute Gasteiger partial charge is 0.485 e. The number of likely N-dealkylation sites (N-methyl/N-ethyl adjacent to an activating group) is 1. The monoisotopic (exact) mass is 605 g/mol. The van der Waals surface area contributed by atoms with Gasteiger partial charge in [0.15, 0.2) is 5.82 Å². The molecule has 3 aromatic rings. The van der Waals surface area contributed by atoms with Gasteiger partial charge in [0.2, 0.25) is 5.91 Å². The van der Waals surface area contributed by atoms with Gasteiger partial charge in [-0.25, -0.2) is 4.39 Å². The zero-order chi connectivity index (χ0) is 32.0. The third kappa shape index (κ3) is 7.48.